The lowest BCUT2D eigenvalue weighted by molar-refractivity contribution is -0.0803. The quantitative estimate of drug-likeness (QED) is 0.585. The highest BCUT2D eigenvalue weighted by atomic mass is 16.5. The zero-order chi connectivity index (χ0) is 20.5. The van der Waals surface area contributed by atoms with Crippen LogP contribution in [0, 0.1) is 11.8 Å². The molecule has 3 aromatic rings. The minimum absolute atomic E-state index is 0.0777. The lowest BCUT2D eigenvalue weighted by atomic mass is 9.73. The fraction of sp³-hybridized carbons (Fsp3) is 0.346. The Hall–Kier alpha value is -2.69. The van der Waals surface area contributed by atoms with Gasteiger partial charge in [-0.3, -0.25) is 9.88 Å². The van der Waals surface area contributed by atoms with Crippen LogP contribution in [-0.2, 0) is 11.3 Å². The van der Waals surface area contributed by atoms with Gasteiger partial charge in [0.05, 0.1) is 18.2 Å². The second-order valence-corrected chi connectivity index (χ2v) is 8.57. The number of phenols is 1. The molecule has 2 unspecified atom stereocenters. The van der Waals surface area contributed by atoms with Crippen molar-refractivity contribution in [3.63, 3.8) is 0 Å². The van der Waals surface area contributed by atoms with Crippen molar-refractivity contribution in [2.24, 2.45) is 11.8 Å². The third kappa shape index (κ3) is 3.62. The van der Waals surface area contributed by atoms with Crippen LogP contribution in [0.15, 0.2) is 73.4 Å². The van der Waals surface area contributed by atoms with E-state index in [1.165, 1.54) is 12.0 Å². The predicted molar refractivity (Wildman–Crippen MR) is 119 cm³/mol. The zero-order valence-corrected chi connectivity index (χ0v) is 17.2. The van der Waals surface area contributed by atoms with E-state index in [2.05, 4.69) is 40.7 Å². The average Bonchev–Trinajstić information content (AvgIpc) is 2.80. The number of piperidine rings is 3. The van der Waals surface area contributed by atoms with Crippen LogP contribution in [0.25, 0.3) is 10.9 Å². The molecule has 1 aromatic heterocycles. The average molecular weight is 401 g/mol. The van der Waals surface area contributed by atoms with Crippen LogP contribution in [0.4, 0.5) is 0 Å². The van der Waals surface area contributed by atoms with E-state index in [1.807, 2.05) is 36.5 Å². The number of hydrogen-bond donors (Lipinski definition) is 1. The SMILES string of the molecule is C=C[C@H]1CN2CCC1C[C@@H]2[C@@H](OCc1ccccc1)c1ccnc2ccc(O)cc12. The molecule has 1 N–H and O–H groups in total. The van der Waals surface area contributed by atoms with Crippen molar-refractivity contribution in [2.45, 2.75) is 31.6 Å². The molecule has 4 nitrogen and oxygen atoms in total. The van der Waals surface area contributed by atoms with Gasteiger partial charge < -0.3 is 9.84 Å². The van der Waals surface area contributed by atoms with Crippen molar-refractivity contribution >= 4 is 10.9 Å². The van der Waals surface area contributed by atoms with Gasteiger partial charge in [-0.2, -0.15) is 0 Å². The molecule has 154 valence electrons. The van der Waals surface area contributed by atoms with Crippen molar-refractivity contribution < 1.29 is 9.84 Å². The molecule has 3 aliphatic rings. The van der Waals surface area contributed by atoms with Gasteiger partial charge in [0.1, 0.15) is 5.75 Å². The largest absolute Gasteiger partial charge is 0.508 e. The Balaban J connectivity index is 1.52. The first-order valence-electron chi connectivity index (χ1n) is 10.8. The molecule has 6 rings (SSSR count). The van der Waals surface area contributed by atoms with Crippen LogP contribution in [0.2, 0.25) is 0 Å². The van der Waals surface area contributed by atoms with Crippen LogP contribution in [-0.4, -0.2) is 34.1 Å². The molecule has 4 heterocycles. The summed E-state index contributed by atoms with van der Waals surface area (Å²) in [6.45, 7) is 6.79. The van der Waals surface area contributed by atoms with E-state index in [9.17, 15) is 5.11 Å². The van der Waals surface area contributed by atoms with Crippen LogP contribution in [0.1, 0.15) is 30.1 Å². The van der Waals surface area contributed by atoms with E-state index in [1.54, 1.807) is 6.07 Å². The van der Waals surface area contributed by atoms with Crippen molar-refractivity contribution in [2.75, 3.05) is 13.1 Å². The number of nitrogens with zero attached hydrogens (tertiary/aromatic N) is 2. The second kappa shape index (κ2) is 8.21. The Morgan fingerprint density at radius 2 is 2.07 bits per heavy atom. The maximum absolute atomic E-state index is 10.1. The Morgan fingerprint density at radius 1 is 1.20 bits per heavy atom. The molecule has 0 radical (unpaired) electrons. The number of fused-ring (bicyclic) bond motifs is 4. The van der Waals surface area contributed by atoms with Crippen molar-refractivity contribution in [1.29, 1.82) is 0 Å². The number of pyridine rings is 1. The fourth-order valence-corrected chi connectivity index (χ4v) is 5.26. The summed E-state index contributed by atoms with van der Waals surface area (Å²) in [5.41, 5.74) is 3.17. The Labute approximate surface area is 177 Å². The summed E-state index contributed by atoms with van der Waals surface area (Å²) < 4.78 is 6.65. The number of benzene rings is 2. The molecule has 2 bridgehead atoms. The summed E-state index contributed by atoms with van der Waals surface area (Å²) >= 11 is 0. The number of aromatic nitrogens is 1. The maximum Gasteiger partial charge on any atom is 0.116 e. The second-order valence-electron chi connectivity index (χ2n) is 8.57. The van der Waals surface area contributed by atoms with Crippen molar-refractivity contribution in [3.05, 3.63) is 84.6 Å². The normalized spacial score (nSPS) is 26.5. The van der Waals surface area contributed by atoms with Crippen molar-refractivity contribution in [3.8, 4) is 5.75 Å². The Morgan fingerprint density at radius 3 is 2.83 bits per heavy atom. The third-order valence-corrected chi connectivity index (χ3v) is 6.84. The van der Waals surface area contributed by atoms with Crippen molar-refractivity contribution in [1.82, 2.24) is 9.88 Å². The molecule has 0 spiro atoms. The summed E-state index contributed by atoms with van der Waals surface area (Å²) in [6.07, 6.45) is 6.25. The molecule has 0 aliphatic carbocycles. The summed E-state index contributed by atoms with van der Waals surface area (Å²) in [5.74, 6) is 1.50. The van der Waals surface area contributed by atoms with Gasteiger partial charge in [0.2, 0.25) is 0 Å². The Kier molecular flexibility index (Phi) is 5.28. The van der Waals surface area contributed by atoms with Gasteiger partial charge in [-0.1, -0.05) is 36.4 Å². The molecule has 5 atom stereocenters. The van der Waals surface area contributed by atoms with Gasteiger partial charge in [-0.25, -0.2) is 0 Å². The molecule has 0 saturated carbocycles. The molecule has 3 saturated heterocycles. The number of hydrogen-bond acceptors (Lipinski definition) is 4. The van der Waals surface area contributed by atoms with E-state index in [0.29, 0.717) is 24.5 Å². The molecule has 3 aliphatic heterocycles. The maximum atomic E-state index is 10.1. The highest BCUT2D eigenvalue weighted by Crippen LogP contribution is 2.43. The smallest absolute Gasteiger partial charge is 0.116 e. The van der Waals surface area contributed by atoms with Gasteiger partial charge in [0.15, 0.2) is 0 Å². The van der Waals surface area contributed by atoms with Gasteiger partial charge in [-0.05, 0) is 66.6 Å². The molecular formula is C26H28N2O2. The van der Waals surface area contributed by atoms with Crippen LogP contribution < -0.4 is 0 Å². The minimum atomic E-state index is -0.0777. The zero-order valence-electron chi connectivity index (χ0n) is 17.2. The summed E-state index contributed by atoms with van der Waals surface area (Å²) in [5, 5.41) is 11.1. The highest BCUT2D eigenvalue weighted by molar-refractivity contribution is 5.83. The molecule has 4 heteroatoms. The van der Waals surface area contributed by atoms with E-state index < -0.39 is 0 Å². The van der Waals surface area contributed by atoms with Crippen LogP contribution in [0.3, 0.4) is 0 Å². The van der Waals surface area contributed by atoms with Crippen LogP contribution >= 0.6 is 0 Å². The first-order chi connectivity index (χ1) is 14.7. The lowest BCUT2D eigenvalue weighted by Crippen LogP contribution is -2.55. The first-order valence-corrected chi connectivity index (χ1v) is 10.8. The summed E-state index contributed by atoms with van der Waals surface area (Å²) in [6, 6.07) is 18.1. The third-order valence-electron chi connectivity index (χ3n) is 6.84. The predicted octanol–water partition coefficient (Wildman–Crippen LogP) is 5.09. The molecule has 3 fully saturated rings. The standard InChI is InChI=1S/C26H28N2O2/c1-2-19-16-28-13-11-20(19)14-25(28)26(30-17-18-6-4-3-5-7-18)22-10-12-27-24-9-8-21(29)15-23(22)24/h2-10,12,15,19-20,25-26,29H,1,11,13-14,16-17H2/t19-,20?,25+,26-/m0/s1. The molecule has 0 amide bonds. The number of rotatable bonds is 6. The summed E-state index contributed by atoms with van der Waals surface area (Å²) in [7, 11) is 0. The van der Waals surface area contributed by atoms with Gasteiger partial charge in [0.25, 0.3) is 0 Å². The fourth-order valence-electron chi connectivity index (χ4n) is 5.26. The van der Waals surface area contributed by atoms with E-state index >= 15 is 0 Å². The molecule has 30 heavy (non-hydrogen) atoms. The minimum Gasteiger partial charge on any atom is -0.508 e. The van der Waals surface area contributed by atoms with Gasteiger partial charge in [0, 0.05) is 24.2 Å². The lowest BCUT2D eigenvalue weighted by Gasteiger charge is -2.51. The number of ether oxygens (including phenoxy) is 1. The number of phenolic OH excluding ortho intramolecular Hbond substituents is 1. The van der Waals surface area contributed by atoms with E-state index in [0.717, 1.165) is 36.0 Å². The number of aromatic hydroxyl groups is 1. The van der Waals surface area contributed by atoms with Gasteiger partial charge >= 0.3 is 0 Å². The molecular weight excluding hydrogens is 372 g/mol. The van der Waals surface area contributed by atoms with E-state index in [4.69, 9.17) is 4.74 Å². The summed E-state index contributed by atoms with van der Waals surface area (Å²) in [4.78, 5) is 7.09. The Bertz CT molecular complexity index is 1040. The van der Waals surface area contributed by atoms with Crippen LogP contribution in [0.5, 0.6) is 5.75 Å². The topological polar surface area (TPSA) is 45.6 Å². The first kappa shape index (κ1) is 19.3. The molecule has 2 aromatic carbocycles. The monoisotopic (exact) mass is 400 g/mol. The van der Waals surface area contributed by atoms with E-state index in [-0.39, 0.29) is 11.9 Å². The highest BCUT2D eigenvalue weighted by Gasteiger charge is 2.43. The van der Waals surface area contributed by atoms with Gasteiger partial charge in [-0.15, -0.1) is 6.58 Å².